The molecule has 1 atom stereocenters. The molecule has 2 aromatic heterocycles. The summed E-state index contributed by atoms with van der Waals surface area (Å²) in [4.78, 5) is 8.64. The van der Waals surface area contributed by atoms with Gasteiger partial charge in [0.1, 0.15) is 11.6 Å². The molecule has 1 unspecified atom stereocenters. The fourth-order valence-corrected chi connectivity index (χ4v) is 1.73. The van der Waals surface area contributed by atoms with Gasteiger partial charge in [-0.15, -0.1) is 0 Å². The number of aromatic nitrogens is 4. The average molecular weight is 251 g/mol. The van der Waals surface area contributed by atoms with Gasteiger partial charge in [-0.05, 0) is 6.92 Å². The number of fused-ring (bicyclic) bond motifs is 1. The zero-order valence-corrected chi connectivity index (χ0v) is 10.7. The van der Waals surface area contributed by atoms with Gasteiger partial charge in [0.2, 0.25) is 0 Å². The van der Waals surface area contributed by atoms with E-state index in [1.807, 2.05) is 14.0 Å². The fraction of sp³-hybridized carbons (Fsp3) is 0.545. The molecule has 0 radical (unpaired) electrons. The topological polar surface area (TPSA) is 85.1 Å². The third kappa shape index (κ3) is 2.57. The number of nitrogens with zero attached hydrogens (tertiary/aromatic N) is 4. The van der Waals surface area contributed by atoms with E-state index >= 15 is 0 Å². The molecule has 0 aliphatic rings. The Kier molecular flexibility index (Phi) is 3.73. The highest BCUT2D eigenvalue weighted by Gasteiger charge is 2.11. The minimum atomic E-state index is -0.572. The number of ether oxygens (including phenoxy) is 1. The van der Waals surface area contributed by atoms with E-state index in [1.165, 1.54) is 0 Å². The molecule has 0 aliphatic heterocycles. The predicted molar refractivity (Wildman–Crippen MR) is 67.4 cm³/mol. The lowest BCUT2D eigenvalue weighted by Crippen LogP contribution is -2.24. The average Bonchev–Trinajstić information content (AvgIpc) is 2.69. The van der Waals surface area contributed by atoms with Gasteiger partial charge in [-0.2, -0.15) is 5.10 Å². The number of aliphatic hydroxyl groups excluding tert-OH is 1. The van der Waals surface area contributed by atoms with E-state index in [9.17, 15) is 5.11 Å². The van der Waals surface area contributed by atoms with Gasteiger partial charge in [-0.25, -0.2) is 9.97 Å². The number of hydrogen-bond acceptors (Lipinski definition) is 6. The second-order valence-corrected chi connectivity index (χ2v) is 4.11. The van der Waals surface area contributed by atoms with Gasteiger partial charge in [0.15, 0.2) is 5.65 Å². The summed E-state index contributed by atoms with van der Waals surface area (Å²) in [6.45, 7) is 2.48. The maximum absolute atomic E-state index is 9.61. The zero-order valence-electron chi connectivity index (χ0n) is 10.7. The largest absolute Gasteiger partial charge is 0.389 e. The number of hydrogen-bond donors (Lipinski definition) is 2. The van der Waals surface area contributed by atoms with E-state index in [0.717, 1.165) is 11.0 Å². The number of rotatable bonds is 5. The maximum Gasteiger partial charge on any atom is 0.163 e. The van der Waals surface area contributed by atoms with E-state index in [4.69, 9.17) is 4.74 Å². The van der Waals surface area contributed by atoms with Gasteiger partial charge in [-0.1, -0.05) is 0 Å². The second-order valence-electron chi connectivity index (χ2n) is 4.11. The van der Waals surface area contributed by atoms with Crippen LogP contribution in [0.1, 0.15) is 5.82 Å². The molecule has 18 heavy (non-hydrogen) atoms. The summed E-state index contributed by atoms with van der Waals surface area (Å²) in [5.74, 6) is 1.34. The van der Waals surface area contributed by atoms with Crippen LogP contribution in [0.2, 0.25) is 0 Å². The molecule has 0 aliphatic carbocycles. The third-order valence-electron chi connectivity index (χ3n) is 2.57. The molecule has 0 bridgehead atoms. The quantitative estimate of drug-likeness (QED) is 0.783. The highest BCUT2D eigenvalue weighted by molar-refractivity contribution is 5.86. The second kappa shape index (κ2) is 5.28. The van der Waals surface area contributed by atoms with Gasteiger partial charge in [0.25, 0.3) is 0 Å². The van der Waals surface area contributed by atoms with Crippen LogP contribution in [0.3, 0.4) is 0 Å². The molecule has 2 aromatic rings. The van der Waals surface area contributed by atoms with Crippen molar-refractivity contribution < 1.29 is 9.84 Å². The van der Waals surface area contributed by atoms with Crippen LogP contribution in [-0.4, -0.2) is 51.2 Å². The van der Waals surface area contributed by atoms with Crippen LogP contribution in [0, 0.1) is 6.92 Å². The number of anilines is 1. The Morgan fingerprint density at radius 2 is 2.28 bits per heavy atom. The van der Waals surface area contributed by atoms with Crippen molar-refractivity contribution in [2.75, 3.05) is 25.6 Å². The molecule has 0 saturated heterocycles. The normalized spacial score (nSPS) is 12.9. The Labute approximate surface area is 105 Å². The van der Waals surface area contributed by atoms with Gasteiger partial charge in [0, 0.05) is 20.7 Å². The highest BCUT2D eigenvalue weighted by atomic mass is 16.5. The number of nitrogens with one attached hydrogen (secondary N) is 1. The minimum Gasteiger partial charge on any atom is -0.389 e. The van der Waals surface area contributed by atoms with E-state index in [2.05, 4.69) is 20.4 Å². The summed E-state index contributed by atoms with van der Waals surface area (Å²) in [5, 5.41) is 17.7. The monoisotopic (exact) mass is 251 g/mol. The molecule has 0 amide bonds. The molecular formula is C11H17N5O2. The lowest BCUT2D eigenvalue weighted by molar-refractivity contribution is 0.0727. The molecule has 0 aromatic carbocycles. The Bertz CT molecular complexity index is 539. The smallest absolute Gasteiger partial charge is 0.163 e. The first kappa shape index (κ1) is 12.7. The Morgan fingerprint density at radius 1 is 1.50 bits per heavy atom. The molecular weight excluding hydrogens is 234 g/mol. The van der Waals surface area contributed by atoms with Crippen LogP contribution < -0.4 is 5.32 Å². The van der Waals surface area contributed by atoms with Crippen molar-refractivity contribution in [1.82, 2.24) is 19.7 Å². The number of aliphatic hydroxyl groups is 1. The van der Waals surface area contributed by atoms with Crippen LogP contribution in [-0.2, 0) is 11.8 Å². The van der Waals surface area contributed by atoms with Gasteiger partial charge in [-0.3, -0.25) is 4.68 Å². The van der Waals surface area contributed by atoms with Crippen molar-refractivity contribution >= 4 is 16.9 Å². The van der Waals surface area contributed by atoms with Crippen LogP contribution >= 0.6 is 0 Å². The zero-order chi connectivity index (χ0) is 13.1. The lowest BCUT2D eigenvalue weighted by Gasteiger charge is -2.12. The Morgan fingerprint density at radius 3 is 3.00 bits per heavy atom. The summed E-state index contributed by atoms with van der Waals surface area (Å²) in [6, 6.07) is 0. The molecule has 98 valence electrons. The molecule has 7 nitrogen and oxygen atoms in total. The molecule has 0 fully saturated rings. The van der Waals surface area contributed by atoms with E-state index in [0.29, 0.717) is 18.2 Å². The van der Waals surface area contributed by atoms with Crippen LogP contribution in [0.4, 0.5) is 5.82 Å². The first-order valence-corrected chi connectivity index (χ1v) is 5.69. The SMILES string of the molecule is COCC(O)CNc1nc(C)nc2c1cnn2C. The molecule has 0 saturated carbocycles. The Hall–Kier alpha value is -1.73. The summed E-state index contributed by atoms with van der Waals surface area (Å²) < 4.78 is 6.56. The fourth-order valence-electron chi connectivity index (χ4n) is 1.73. The predicted octanol–water partition coefficient (Wildman–Crippen LogP) is 0.0909. The highest BCUT2D eigenvalue weighted by Crippen LogP contribution is 2.19. The van der Waals surface area contributed by atoms with Crippen molar-refractivity contribution in [3.63, 3.8) is 0 Å². The lowest BCUT2D eigenvalue weighted by atomic mass is 10.3. The summed E-state index contributed by atoms with van der Waals surface area (Å²) >= 11 is 0. The maximum atomic E-state index is 9.61. The summed E-state index contributed by atoms with van der Waals surface area (Å²) in [6.07, 6.45) is 1.14. The minimum absolute atomic E-state index is 0.285. The Balaban J connectivity index is 2.22. The van der Waals surface area contributed by atoms with Gasteiger partial charge >= 0.3 is 0 Å². The summed E-state index contributed by atoms with van der Waals surface area (Å²) in [5.41, 5.74) is 0.770. The van der Waals surface area contributed by atoms with Gasteiger partial charge < -0.3 is 15.2 Å². The van der Waals surface area contributed by atoms with Crippen LogP contribution in [0.25, 0.3) is 11.0 Å². The van der Waals surface area contributed by atoms with Gasteiger partial charge in [0.05, 0.1) is 24.3 Å². The first-order chi connectivity index (χ1) is 8.61. The standard InChI is InChI=1S/C11H17N5O2/c1-7-14-10(12-4-8(17)6-18-3)9-5-13-16(2)11(9)15-7/h5,8,17H,4,6H2,1-3H3,(H,12,14,15). The molecule has 2 rings (SSSR count). The first-order valence-electron chi connectivity index (χ1n) is 5.69. The van der Waals surface area contributed by atoms with E-state index < -0.39 is 6.10 Å². The number of methoxy groups -OCH3 is 1. The summed E-state index contributed by atoms with van der Waals surface area (Å²) in [7, 11) is 3.38. The third-order valence-corrected chi connectivity index (χ3v) is 2.57. The van der Waals surface area contributed by atoms with Crippen LogP contribution in [0.15, 0.2) is 6.20 Å². The molecule has 0 spiro atoms. The van der Waals surface area contributed by atoms with E-state index in [1.54, 1.807) is 18.0 Å². The molecule has 7 heteroatoms. The van der Waals surface area contributed by atoms with E-state index in [-0.39, 0.29) is 6.61 Å². The van der Waals surface area contributed by atoms with Crippen LogP contribution in [0.5, 0.6) is 0 Å². The van der Waals surface area contributed by atoms with Crippen molar-refractivity contribution in [3.8, 4) is 0 Å². The van der Waals surface area contributed by atoms with Crippen molar-refractivity contribution in [2.45, 2.75) is 13.0 Å². The van der Waals surface area contributed by atoms with Crippen molar-refractivity contribution in [2.24, 2.45) is 7.05 Å². The van der Waals surface area contributed by atoms with Crippen molar-refractivity contribution in [3.05, 3.63) is 12.0 Å². The number of aryl methyl sites for hydroxylation is 2. The molecule has 2 N–H and O–H groups in total. The molecule has 2 heterocycles. The van der Waals surface area contributed by atoms with Crippen molar-refractivity contribution in [1.29, 1.82) is 0 Å².